The SMILES string of the molecule is COc1cc(I)cc(C(O)C(=O)O)c1OC. The number of rotatable bonds is 4. The van der Waals surface area contributed by atoms with Gasteiger partial charge in [-0.2, -0.15) is 0 Å². The Bertz CT molecular complexity index is 404. The Balaban J connectivity index is 3.35. The molecular formula is C10H11IO5. The van der Waals surface area contributed by atoms with E-state index in [1.165, 1.54) is 14.2 Å². The summed E-state index contributed by atoms with van der Waals surface area (Å²) in [7, 11) is 2.84. The highest BCUT2D eigenvalue weighted by Crippen LogP contribution is 2.36. The maximum Gasteiger partial charge on any atom is 0.337 e. The van der Waals surface area contributed by atoms with E-state index in [4.69, 9.17) is 14.6 Å². The summed E-state index contributed by atoms with van der Waals surface area (Å²) in [6, 6.07) is 3.23. The standard InChI is InChI=1S/C10H11IO5/c1-15-7-4-5(11)3-6(9(7)16-2)8(12)10(13)14/h3-4,8,12H,1-2H3,(H,13,14). The van der Waals surface area contributed by atoms with E-state index >= 15 is 0 Å². The number of hydrogen-bond acceptors (Lipinski definition) is 4. The first kappa shape index (κ1) is 13.0. The summed E-state index contributed by atoms with van der Waals surface area (Å²) in [5, 5.41) is 18.3. The van der Waals surface area contributed by atoms with Crippen molar-refractivity contribution >= 4 is 28.6 Å². The van der Waals surface area contributed by atoms with Crippen LogP contribution in [-0.4, -0.2) is 30.4 Å². The van der Waals surface area contributed by atoms with E-state index in [0.717, 1.165) is 3.57 Å². The molecule has 1 aromatic carbocycles. The molecule has 6 heteroatoms. The van der Waals surface area contributed by atoms with Gasteiger partial charge in [0.05, 0.1) is 14.2 Å². The molecule has 2 N–H and O–H groups in total. The van der Waals surface area contributed by atoms with Gasteiger partial charge in [-0.15, -0.1) is 0 Å². The van der Waals surface area contributed by atoms with Crippen molar-refractivity contribution in [1.82, 2.24) is 0 Å². The second kappa shape index (κ2) is 5.35. The number of carboxylic acid groups (broad SMARTS) is 1. The van der Waals surface area contributed by atoms with Crippen molar-refractivity contribution in [2.45, 2.75) is 6.10 Å². The summed E-state index contributed by atoms with van der Waals surface area (Å²) in [4.78, 5) is 10.7. The molecule has 0 bridgehead atoms. The average molecular weight is 338 g/mol. The second-order valence-electron chi connectivity index (χ2n) is 2.97. The second-order valence-corrected chi connectivity index (χ2v) is 4.22. The zero-order valence-corrected chi connectivity index (χ0v) is 10.9. The Labute approximate surface area is 106 Å². The summed E-state index contributed by atoms with van der Waals surface area (Å²) < 4.78 is 10.9. The molecule has 0 amide bonds. The van der Waals surface area contributed by atoms with Gasteiger partial charge in [-0.05, 0) is 34.7 Å². The van der Waals surface area contributed by atoms with Gasteiger partial charge in [0.15, 0.2) is 17.6 Å². The molecule has 1 aromatic rings. The number of aliphatic hydroxyl groups excluding tert-OH is 1. The predicted molar refractivity (Wildman–Crippen MR) is 64.9 cm³/mol. The number of carboxylic acids is 1. The van der Waals surface area contributed by atoms with Crippen LogP contribution >= 0.6 is 22.6 Å². The molecule has 0 aliphatic heterocycles. The van der Waals surface area contributed by atoms with Crippen molar-refractivity contribution < 1.29 is 24.5 Å². The van der Waals surface area contributed by atoms with Crippen LogP contribution in [0, 0.1) is 3.57 Å². The number of aliphatic carboxylic acids is 1. The summed E-state index contributed by atoms with van der Waals surface area (Å²) in [6.45, 7) is 0. The van der Waals surface area contributed by atoms with Crippen LogP contribution in [0.5, 0.6) is 11.5 Å². The normalized spacial score (nSPS) is 12.0. The van der Waals surface area contributed by atoms with Crippen molar-refractivity contribution in [3.63, 3.8) is 0 Å². The largest absolute Gasteiger partial charge is 0.493 e. The smallest absolute Gasteiger partial charge is 0.337 e. The van der Waals surface area contributed by atoms with Crippen LogP contribution in [-0.2, 0) is 4.79 Å². The van der Waals surface area contributed by atoms with Crippen LogP contribution in [0.4, 0.5) is 0 Å². The number of benzene rings is 1. The van der Waals surface area contributed by atoms with Crippen LogP contribution in [0.1, 0.15) is 11.7 Å². The van der Waals surface area contributed by atoms with Gasteiger partial charge in [-0.1, -0.05) is 0 Å². The average Bonchev–Trinajstić information content (AvgIpc) is 2.26. The number of hydrogen-bond donors (Lipinski definition) is 2. The van der Waals surface area contributed by atoms with Gasteiger partial charge in [-0.25, -0.2) is 4.79 Å². The van der Waals surface area contributed by atoms with E-state index in [-0.39, 0.29) is 11.3 Å². The lowest BCUT2D eigenvalue weighted by Gasteiger charge is -2.15. The lowest BCUT2D eigenvalue weighted by Crippen LogP contribution is -2.12. The monoisotopic (exact) mass is 338 g/mol. The fourth-order valence-corrected chi connectivity index (χ4v) is 1.91. The Hall–Kier alpha value is -1.02. The van der Waals surface area contributed by atoms with Crippen molar-refractivity contribution in [2.24, 2.45) is 0 Å². The molecule has 1 rings (SSSR count). The Morgan fingerprint density at radius 1 is 1.38 bits per heavy atom. The van der Waals surface area contributed by atoms with Crippen molar-refractivity contribution in [2.75, 3.05) is 14.2 Å². The van der Waals surface area contributed by atoms with Crippen LogP contribution in [0.25, 0.3) is 0 Å². The van der Waals surface area contributed by atoms with E-state index in [1.807, 2.05) is 22.6 Å². The molecule has 0 fully saturated rings. The van der Waals surface area contributed by atoms with E-state index in [0.29, 0.717) is 5.75 Å². The minimum absolute atomic E-state index is 0.179. The first-order valence-electron chi connectivity index (χ1n) is 4.33. The van der Waals surface area contributed by atoms with Gasteiger partial charge in [0, 0.05) is 9.13 Å². The quantitative estimate of drug-likeness (QED) is 0.813. The van der Waals surface area contributed by atoms with Crippen molar-refractivity contribution in [1.29, 1.82) is 0 Å². The molecule has 0 saturated carbocycles. The Kier molecular flexibility index (Phi) is 4.36. The fourth-order valence-electron chi connectivity index (χ4n) is 1.30. The van der Waals surface area contributed by atoms with Gasteiger partial charge in [0.1, 0.15) is 0 Å². The van der Waals surface area contributed by atoms with Gasteiger partial charge in [-0.3, -0.25) is 0 Å². The number of aliphatic hydroxyl groups is 1. The zero-order valence-electron chi connectivity index (χ0n) is 8.73. The van der Waals surface area contributed by atoms with E-state index in [9.17, 15) is 9.90 Å². The molecule has 0 saturated heterocycles. The molecule has 1 atom stereocenters. The molecule has 0 aromatic heterocycles. The Morgan fingerprint density at radius 2 is 2.00 bits per heavy atom. The summed E-state index contributed by atoms with van der Waals surface area (Å²) in [6.07, 6.45) is -1.63. The molecule has 0 spiro atoms. The number of carbonyl (C=O) groups is 1. The molecule has 16 heavy (non-hydrogen) atoms. The minimum Gasteiger partial charge on any atom is -0.493 e. The third-order valence-corrected chi connectivity index (χ3v) is 2.62. The zero-order chi connectivity index (χ0) is 12.3. The third-order valence-electron chi connectivity index (χ3n) is 2.00. The molecule has 0 heterocycles. The highest BCUT2D eigenvalue weighted by Gasteiger charge is 2.23. The molecule has 0 aliphatic carbocycles. The van der Waals surface area contributed by atoms with Crippen molar-refractivity contribution in [3.8, 4) is 11.5 Å². The van der Waals surface area contributed by atoms with Gasteiger partial charge < -0.3 is 19.7 Å². The summed E-state index contributed by atoms with van der Waals surface area (Å²) >= 11 is 2.00. The predicted octanol–water partition coefficient (Wildman–Crippen LogP) is 1.43. The molecule has 88 valence electrons. The van der Waals surface area contributed by atoms with Crippen molar-refractivity contribution in [3.05, 3.63) is 21.3 Å². The van der Waals surface area contributed by atoms with Crippen LogP contribution in [0.15, 0.2) is 12.1 Å². The van der Waals surface area contributed by atoms with Gasteiger partial charge in [0.25, 0.3) is 0 Å². The van der Waals surface area contributed by atoms with Gasteiger partial charge >= 0.3 is 5.97 Å². The first-order chi connectivity index (χ1) is 7.51. The van der Waals surface area contributed by atoms with E-state index in [1.54, 1.807) is 12.1 Å². The highest BCUT2D eigenvalue weighted by atomic mass is 127. The molecular weight excluding hydrogens is 327 g/mol. The number of methoxy groups -OCH3 is 2. The molecule has 1 unspecified atom stereocenters. The highest BCUT2D eigenvalue weighted by molar-refractivity contribution is 14.1. The lowest BCUT2D eigenvalue weighted by molar-refractivity contribution is -0.147. The third kappa shape index (κ3) is 2.56. The van der Waals surface area contributed by atoms with E-state index in [2.05, 4.69) is 0 Å². The first-order valence-corrected chi connectivity index (χ1v) is 5.41. The Morgan fingerprint density at radius 3 is 2.44 bits per heavy atom. The maximum atomic E-state index is 10.7. The topological polar surface area (TPSA) is 76.0 Å². The number of halogens is 1. The lowest BCUT2D eigenvalue weighted by atomic mass is 10.1. The van der Waals surface area contributed by atoms with Crippen LogP contribution in [0.3, 0.4) is 0 Å². The maximum absolute atomic E-state index is 10.7. The number of ether oxygens (including phenoxy) is 2. The van der Waals surface area contributed by atoms with Gasteiger partial charge in [0.2, 0.25) is 0 Å². The van der Waals surface area contributed by atoms with E-state index < -0.39 is 12.1 Å². The molecule has 5 nitrogen and oxygen atoms in total. The summed E-state index contributed by atoms with van der Waals surface area (Å²) in [5.74, 6) is -0.704. The van der Waals surface area contributed by atoms with Crippen LogP contribution in [0.2, 0.25) is 0 Å². The molecule has 0 radical (unpaired) electrons. The van der Waals surface area contributed by atoms with Crippen LogP contribution < -0.4 is 9.47 Å². The fraction of sp³-hybridized carbons (Fsp3) is 0.300. The minimum atomic E-state index is -1.63. The summed E-state index contributed by atoms with van der Waals surface area (Å²) in [5.41, 5.74) is 0.179. The molecule has 0 aliphatic rings.